The van der Waals surface area contributed by atoms with Crippen LogP contribution in [-0.2, 0) is 0 Å². The number of aromatic nitrogens is 2. The molecule has 0 spiro atoms. The summed E-state index contributed by atoms with van der Waals surface area (Å²) in [7, 11) is 0. The number of nitrogens with one attached hydrogen (secondary N) is 1. The molecule has 5 rings (SSSR count). The zero-order valence-corrected chi connectivity index (χ0v) is 22.3. The van der Waals surface area contributed by atoms with Crippen LogP contribution in [0, 0.1) is 13.8 Å². The van der Waals surface area contributed by atoms with E-state index in [-0.39, 0.29) is 18.2 Å². The van der Waals surface area contributed by atoms with Crippen molar-refractivity contribution >= 4 is 34.6 Å². The Labute approximate surface area is 222 Å². The summed E-state index contributed by atoms with van der Waals surface area (Å²) in [6.45, 7) is 8.30. The van der Waals surface area contributed by atoms with Gasteiger partial charge < -0.3 is 19.5 Å². The quantitative estimate of drug-likeness (QED) is 0.277. The van der Waals surface area contributed by atoms with Crippen molar-refractivity contribution in [1.29, 1.82) is 0 Å². The van der Waals surface area contributed by atoms with Crippen LogP contribution in [0.2, 0.25) is 5.02 Å². The third-order valence-electron chi connectivity index (χ3n) is 6.47. The van der Waals surface area contributed by atoms with Crippen molar-refractivity contribution < 1.29 is 4.74 Å². The summed E-state index contributed by atoms with van der Waals surface area (Å²) in [5.74, 6) is 0.835. The van der Waals surface area contributed by atoms with E-state index in [1.807, 2.05) is 74.6 Å². The van der Waals surface area contributed by atoms with Crippen molar-refractivity contribution in [3.63, 3.8) is 0 Å². The lowest BCUT2D eigenvalue weighted by Crippen LogP contribution is -2.29. The summed E-state index contributed by atoms with van der Waals surface area (Å²) in [6, 6.07) is 24.0. The van der Waals surface area contributed by atoms with Crippen LogP contribution in [0.15, 0.2) is 79.0 Å². The van der Waals surface area contributed by atoms with Gasteiger partial charge in [-0.05, 0) is 100 Å². The molecule has 5 nitrogen and oxygen atoms in total. The molecule has 0 amide bonds. The van der Waals surface area contributed by atoms with E-state index < -0.39 is 0 Å². The highest BCUT2D eigenvalue weighted by Crippen LogP contribution is 2.44. The highest BCUT2D eigenvalue weighted by molar-refractivity contribution is 7.80. The highest BCUT2D eigenvalue weighted by Gasteiger charge is 2.42. The smallest absolute Gasteiger partial charge is 0.174 e. The number of para-hydroxylation sites is 1. The molecular weight excluding hydrogens is 488 g/mol. The number of halogens is 1. The van der Waals surface area contributed by atoms with E-state index in [0.717, 1.165) is 39.8 Å². The maximum Gasteiger partial charge on any atom is 0.174 e. The molecule has 2 aromatic heterocycles. The van der Waals surface area contributed by atoms with Gasteiger partial charge in [0.05, 0.1) is 34.6 Å². The van der Waals surface area contributed by atoms with Crippen molar-refractivity contribution in [2.24, 2.45) is 0 Å². The number of ether oxygens (including phenoxy) is 1. The first-order chi connectivity index (χ1) is 17.3. The fraction of sp³-hybridized carbons (Fsp3) is 0.241. The van der Waals surface area contributed by atoms with Gasteiger partial charge in [-0.1, -0.05) is 29.8 Å². The number of anilines is 1. The standard InChI is InChI=1S/C29H29ClN4OS/c1-18(2)35-22-14-12-21(13-15-22)34-28(27(32-29(34)36)25-10-7-8-16-31-25)23-17-19(3)33(20(23)4)26-11-6-5-9-24(26)30/h5-18,27-28H,1-4H3,(H,32,36)/t27-,28+/m0/s1. The Hall–Kier alpha value is -3.35. The van der Waals surface area contributed by atoms with Crippen molar-refractivity contribution in [1.82, 2.24) is 14.9 Å². The van der Waals surface area contributed by atoms with E-state index in [9.17, 15) is 0 Å². The molecule has 4 aromatic rings. The second kappa shape index (κ2) is 9.96. The van der Waals surface area contributed by atoms with Crippen LogP contribution < -0.4 is 15.0 Å². The Morgan fingerprint density at radius 3 is 2.39 bits per heavy atom. The first-order valence-corrected chi connectivity index (χ1v) is 12.8. The first kappa shape index (κ1) is 24.3. The highest BCUT2D eigenvalue weighted by atomic mass is 35.5. The topological polar surface area (TPSA) is 42.3 Å². The molecule has 36 heavy (non-hydrogen) atoms. The van der Waals surface area contributed by atoms with Gasteiger partial charge in [-0.2, -0.15) is 0 Å². The van der Waals surface area contributed by atoms with Crippen molar-refractivity contribution in [3.05, 3.63) is 107 Å². The van der Waals surface area contributed by atoms with Crippen LogP contribution in [0.3, 0.4) is 0 Å². The van der Waals surface area contributed by atoms with E-state index in [2.05, 4.69) is 51.8 Å². The molecule has 184 valence electrons. The molecule has 0 unspecified atom stereocenters. The van der Waals surface area contributed by atoms with Crippen LogP contribution in [-0.4, -0.2) is 20.8 Å². The second-order valence-electron chi connectivity index (χ2n) is 9.27. The summed E-state index contributed by atoms with van der Waals surface area (Å²) in [6.07, 6.45) is 1.94. The molecule has 2 aromatic carbocycles. The molecule has 7 heteroatoms. The minimum absolute atomic E-state index is 0.105. The predicted molar refractivity (Wildman–Crippen MR) is 150 cm³/mol. The molecule has 1 N–H and O–H groups in total. The van der Waals surface area contributed by atoms with Crippen LogP contribution >= 0.6 is 23.8 Å². The number of thiocarbonyl (C=S) groups is 1. The van der Waals surface area contributed by atoms with Gasteiger partial charge in [0, 0.05) is 23.3 Å². The van der Waals surface area contributed by atoms with E-state index in [1.54, 1.807) is 0 Å². The predicted octanol–water partition coefficient (Wildman–Crippen LogP) is 7.11. The Morgan fingerprint density at radius 1 is 1.00 bits per heavy atom. The molecule has 1 aliphatic rings. The second-order valence-corrected chi connectivity index (χ2v) is 10.1. The number of nitrogens with zero attached hydrogens (tertiary/aromatic N) is 3. The first-order valence-electron chi connectivity index (χ1n) is 12.1. The SMILES string of the molecule is Cc1cc([C@@H]2[C@H](c3ccccn3)NC(=S)N2c2ccc(OC(C)C)cc2)c(C)n1-c1ccccc1Cl. The summed E-state index contributed by atoms with van der Waals surface area (Å²) >= 11 is 12.5. The van der Waals surface area contributed by atoms with Crippen molar-refractivity contribution in [2.45, 2.75) is 45.9 Å². The number of benzene rings is 2. The van der Waals surface area contributed by atoms with Gasteiger partial charge in [-0.25, -0.2) is 0 Å². The lowest BCUT2D eigenvalue weighted by atomic mass is 9.96. The summed E-state index contributed by atoms with van der Waals surface area (Å²) in [5, 5.41) is 4.93. The zero-order chi connectivity index (χ0) is 25.4. The maximum absolute atomic E-state index is 6.61. The third kappa shape index (κ3) is 4.47. The van der Waals surface area contributed by atoms with Crippen LogP contribution in [0.25, 0.3) is 5.69 Å². The minimum Gasteiger partial charge on any atom is -0.491 e. The maximum atomic E-state index is 6.61. The molecule has 1 saturated heterocycles. The van der Waals surface area contributed by atoms with Crippen molar-refractivity contribution in [2.75, 3.05) is 4.90 Å². The molecule has 0 radical (unpaired) electrons. The van der Waals surface area contributed by atoms with Gasteiger partial charge >= 0.3 is 0 Å². The number of rotatable bonds is 6. The van der Waals surface area contributed by atoms with Gasteiger partial charge in [0.15, 0.2) is 5.11 Å². The molecule has 2 atom stereocenters. The summed E-state index contributed by atoms with van der Waals surface area (Å²) in [5.41, 5.74) is 6.28. The Kier molecular flexibility index (Phi) is 6.73. The summed E-state index contributed by atoms with van der Waals surface area (Å²) < 4.78 is 8.08. The van der Waals surface area contributed by atoms with E-state index in [4.69, 9.17) is 28.6 Å². The zero-order valence-electron chi connectivity index (χ0n) is 20.8. The fourth-order valence-electron chi connectivity index (χ4n) is 5.00. The molecular formula is C29H29ClN4OS. The Balaban J connectivity index is 1.64. The van der Waals surface area contributed by atoms with Gasteiger partial charge in [0.25, 0.3) is 0 Å². The van der Waals surface area contributed by atoms with Gasteiger partial charge in [-0.3, -0.25) is 4.98 Å². The Bertz CT molecular complexity index is 1380. The number of hydrogen-bond acceptors (Lipinski definition) is 3. The van der Waals surface area contributed by atoms with Crippen LogP contribution in [0.1, 0.15) is 48.6 Å². The molecule has 3 heterocycles. The Morgan fingerprint density at radius 2 is 1.72 bits per heavy atom. The molecule has 1 fully saturated rings. The fourth-order valence-corrected chi connectivity index (χ4v) is 5.56. The monoisotopic (exact) mass is 516 g/mol. The van der Waals surface area contributed by atoms with E-state index in [1.165, 1.54) is 0 Å². The number of pyridine rings is 1. The largest absolute Gasteiger partial charge is 0.491 e. The number of hydrogen-bond donors (Lipinski definition) is 1. The van der Waals surface area contributed by atoms with Crippen LogP contribution in [0.4, 0.5) is 5.69 Å². The lowest BCUT2D eigenvalue weighted by molar-refractivity contribution is 0.242. The molecule has 1 aliphatic heterocycles. The average molecular weight is 517 g/mol. The van der Waals surface area contributed by atoms with Gasteiger partial charge in [0.2, 0.25) is 0 Å². The molecule has 0 bridgehead atoms. The molecule has 0 aliphatic carbocycles. The third-order valence-corrected chi connectivity index (χ3v) is 7.10. The van der Waals surface area contributed by atoms with Crippen LogP contribution in [0.5, 0.6) is 5.75 Å². The normalized spacial score (nSPS) is 17.5. The van der Waals surface area contributed by atoms with Crippen molar-refractivity contribution in [3.8, 4) is 11.4 Å². The lowest BCUT2D eigenvalue weighted by Gasteiger charge is -2.28. The minimum atomic E-state index is -0.120. The number of aryl methyl sites for hydroxylation is 1. The van der Waals surface area contributed by atoms with Gasteiger partial charge in [-0.15, -0.1) is 0 Å². The van der Waals surface area contributed by atoms with Gasteiger partial charge in [0.1, 0.15) is 5.75 Å². The molecule has 0 saturated carbocycles. The summed E-state index contributed by atoms with van der Waals surface area (Å²) in [4.78, 5) is 6.87. The average Bonchev–Trinajstić information content (AvgIpc) is 3.35. The van der Waals surface area contributed by atoms with E-state index >= 15 is 0 Å². The van der Waals surface area contributed by atoms with E-state index in [0.29, 0.717) is 10.1 Å².